The molecule has 0 saturated carbocycles. The van der Waals surface area contributed by atoms with E-state index in [1.165, 1.54) is 18.2 Å². The van der Waals surface area contributed by atoms with Gasteiger partial charge < -0.3 is 10.2 Å². The zero-order chi connectivity index (χ0) is 13.3. The molecule has 0 aliphatic rings. The predicted molar refractivity (Wildman–Crippen MR) is 60.9 cm³/mol. The largest absolute Gasteiger partial charge is 0.478 e. The number of carboxylic acids is 1. The van der Waals surface area contributed by atoms with Crippen LogP contribution in [0.15, 0.2) is 42.7 Å². The van der Waals surface area contributed by atoms with Crippen LogP contribution in [0.3, 0.4) is 0 Å². The van der Waals surface area contributed by atoms with Crippen LogP contribution in [0.2, 0.25) is 0 Å². The number of aliphatic hydroxyl groups is 1. The summed E-state index contributed by atoms with van der Waals surface area (Å²) in [6.45, 7) is 3.26. The summed E-state index contributed by atoms with van der Waals surface area (Å²) in [7, 11) is 0. The van der Waals surface area contributed by atoms with Gasteiger partial charge in [-0.2, -0.15) is 0 Å². The Morgan fingerprint density at radius 3 is 2.24 bits per heavy atom. The number of benzene rings is 1. The number of carbonyl (C=O) groups is 1. The van der Waals surface area contributed by atoms with E-state index in [1.54, 1.807) is 0 Å². The number of hydrogen-bond donors (Lipinski definition) is 2. The minimum absolute atomic E-state index is 0.0422. The van der Waals surface area contributed by atoms with Crippen molar-refractivity contribution in [2.45, 2.75) is 0 Å². The lowest BCUT2D eigenvalue weighted by atomic mass is 10.2. The van der Waals surface area contributed by atoms with E-state index < -0.39 is 10.9 Å². The molecular weight excluding hydrogens is 226 g/mol. The summed E-state index contributed by atoms with van der Waals surface area (Å²) in [4.78, 5) is 19.9. The molecule has 0 aliphatic carbocycles. The van der Waals surface area contributed by atoms with Crippen molar-refractivity contribution in [2.24, 2.45) is 0 Å². The Balaban J connectivity index is 0.000000437. The third-order valence-corrected chi connectivity index (χ3v) is 1.56. The van der Waals surface area contributed by atoms with Crippen molar-refractivity contribution < 1.29 is 19.9 Å². The fraction of sp³-hybridized carbons (Fsp3) is 0.0909. The Hall–Kier alpha value is -2.43. The van der Waals surface area contributed by atoms with Crippen LogP contribution in [0.25, 0.3) is 0 Å². The van der Waals surface area contributed by atoms with E-state index >= 15 is 0 Å². The summed E-state index contributed by atoms with van der Waals surface area (Å²) < 4.78 is 0. The molecule has 1 rings (SSSR count). The maximum atomic E-state index is 10.3. The second-order valence-electron chi connectivity index (χ2n) is 2.70. The van der Waals surface area contributed by atoms with Crippen molar-refractivity contribution >= 4 is 11.7 Å². The average Bonchev–Trinajstić information content (AvgIpc) is 2.31. The lowest BCUT2D eigenvalue weighted by Gasteiger charge is -1.92. The molecule has 1 aromatic rings. The molecule has 0 atom stereocenters. The van der Waals surface area contributed by atoms with Crippen molar-refractivity contribution in [3.8, 4) is 0 Å². The molecule has 0 unspecified atom stereocenters. The summed E-state index contributed by atoms with van der Waals surface area (Å²) in [5.41, 5.74) is 2.32. The van der Waals surface area contributed by atoms with Gasteiger partial charge >= 0.3 is 5.97 Å². The van der Waals surface area contributed by atoms with Gasteiger partial charge in [-0.15, -0.1) is 5.73 Å². The first-order chi connectivity index (χ1) is 8.02. The first-order valence-corrected chi connectivity index (χ1v) is 4.45. The van der Waals surface area contributed by atoms with Crippen molar-refractivity contribution in [2.75, 3.05) is 6.61 Å². The Morgan fingerprint density at radius 1 is 1.47 bits per heavy atom. The van der Waals surface area contributed by atoms with Crippen LogP contribution in [-0.4, -0.2) is 27.7 Å². The first-order valence-electron chi connectivity index (χ1n) is 4.45. The van der Waals surface area contributed by atoms with Gasteiger partial charge in [0.2, 0.25) is 0 Å². The van der Waals surface area contributed by atoms with E-state index in [4.69, 9.17) is 10.2 Å². The van der Waals surface area contributed by atoms with Crippen LogP contribution in [0.1, 0.15) is 10.4 Å². The summed E-state index contributed by atoms with van der Waals surface area (Å²) >= 11 is 0. The lowest BCUT2D eigenvalue weighted by Crippen LogP contribution is -1.96. The first kappa shape index (κ1) is 14.6. The highest BCUT2D eigenvalue weighted by Gasteiger charge is 2.06. The third-order valence-electron chi connectivity index (χ3n) is 1.56. The number of rotatable bonds is 3. The molecule has 0 spiro atoms. The highest BCUT2D eigenvalue weighted by Crippen LogP contribution is 2.11. The maximum Gasteiger partial charge on any atom is 0.335 e. The minimum Gasteiger partial charge on any atom is -0.478 e. The molecule has 0 aliphatic heterocycles. The molecule has 17 heavy (non-hydrogen) atoms. The molecule has 2 N–H and O–H groups in total. The van der Waals surface area contributed by atoms with Gasteiger partial charge in [0.05, 0.1) is 17.1 Å². The van der Waals surface area contributed by atoms with Gasteiger partial charge in [-0.05, 0) is 18.2 Å². The molecule has 0 fully saturated rings. The van der Waals surface area contributed by atoms with E-state index in [9.17, 15) is 14.9 Å². The number of aromatic carboxylic acids is 1. The summed E-state index contributed by atoms with van der Waals surface area (Å²) in [5, 5.41) is 26.5. The topological polar surface area (TPSA) is 101 Å². The lowest BCUT2D eigenvalue weighted by molar-refractivity contribution is -0.384. The van der Waals surface area contributed by atoms with Gasteiger partial charge in [-0.25, -0.2) is 4.79 Å². The minimum atomic E-state index is -1.09. The highest BCUT2D eigenvalue weighted by atomic mass is 16.6. The van der Waals surface area contributed by atoms with E-state index in [1.807, 2.05) is 0 Å². The third kappa shape index (κ3) is 5.88. The molecule has 0 amide bonds. The normalized spacial score (nSPS) is 8.29. The second-order valence-corrected chi connectivity index (χ2v) is 2.70. The molecule has 6 nitrogen and oxygen atoms in total. The monoisotopic (exact) mass is 237 g/mol. The zero-order valence-electron chi connectivity index (χ0n) is 8.87. The Kier molecular flexibility index (Phi) is 6.69. The standard InChI is InChI=1S/C7H5NO4.C4H6O/c9-7(10)5-1-3-6(4-2-5)8(11)12;1-2-3-4-5/h1-4H,(H,9,10);3,5H,1,4H2. The Bertz CT molecular complexity index is 399. The van der Waals surface area contributed by atoms with Gasteiger partial charge in [-0.1, -0.05) is 6.58 Å². The van der Waals surface area contributed by atoms with E-state index in [2.05, 4.69) is 12.3 Å². The molecule has 0 aromatic heterocycles. The van der Waals surface area contributed by atoms with E-state index in [-0.39, 0.29) is 17.9 Å². The molecule has 6 heteroatoms. The maximum absolute atomic E-state index is 10.3. The van der Waals surface area contributed by atoms with Crippen molar-refractivity contribution in [1.29, 1.82) is 0 Å². The van der Waals surface area contributed by atoms with Crippen molar-refractivity contribution in [3.05, 3.63) is 58.3 Å². The van der Waals surface area contributed by atoms with Gasteiger partial charge in [-0.3, -0.25) is 10.1 Å². The number of nitrogens with zero attached hydrogens (tertiary/aromatic N) is 1. The van der Waals surface area contributed by atoms with Gasteiger partial charge in [0, 0.05) is 12.1 Å². The van der Waals surface area contributed by atoms with Crippen molar-refractivity contribution in [1.82, 2.24) is 0 Å². The molecule has 0 radical (unpaired) electrons. The molecule has 1 aromatic carbocycles. The summed E-state index contributed by atoms with van der Waals surface area (Å²) in [6, 6.07) is 4.70. The Labute approximate surface area is 97.3 Å². The molecule has 0 saturated heterocycles. The van der Waals surface area contributed by atoms with E-state index in [0.29, 0.717) is 0 Å². The smallest absolute Gasteiger partial charge is 0.335 e. The average molecular weight is 237 g/mol. The summed E-state index contributed by atoms with van der Waals surface area (Å²) in [5.74, 6) is -1.09. The second kappa shape index (κ2) is 7.81. The Morgan fingerprint density at radius 2 is 2.00 bits per heavy atom. The fourth-order valence-electron chi connectivity index (χ4n) is 0.790. The van der Waals surface area contributed by atoms with Gasteiger partial charge in [0.1, 0.15) is 0 Å². The number of carboxylic acid groups (broad SMARTS) is 1. The van der Waals surface area contributed by atoms with Gasteiger partial charge in [0.15, 0.2) is 0 Å². The van der Waals surface area contributed by atoms with Crippen molar-refractivity contribution in [3.63, 3.8) is 0 Å². The number of hydrogen-bond acceptors (Lipinski definition) is 4. The van der Waals surface area contributed by atoms with Gasteiger partial charge in [0.25, 0.3) is 5.69 Å². The van der Waals surface area contributed by atoms with Crippen LogP contribution < -0.4 is 0 Å². The zero-order valence-corrected chi connectivity index (χ0v) is 8.87. The SMILES string of the molecule is C=C=CCO.O=C(O)c1ccc([N+](=O)[O-])cc1. The van der Waals surface area contributed by atoms with Crippen LogP contribution >= 0.6 is 0 Å². The number of aliphatic hydroxyl groups excluding tert-OH is 1. The predicted octanol–water partition coefficient (Wildman–Crippen LogP) is 1.61. The molecule has 90 valence electrons. The van der Waals surface area contributed by atoms with Crippen LogP contribution in [0.4, 0.5) is 5.69 Å². The van der Waals surface area contributed by atoms with Crippen LogP contribution in [0.5, 0.6) is 0 Å². The molecule has 0 heterocycles. The fourth-order valence-corrected chi connectivity index (χ4v) is 0.790. The number of nitro groups is 1. The van der Waals surface area contributed by atoms with Crippen LogP contribution in [-0.2, 0) is 0 Å². The quantitative estimate of drug-likeness (QED) is 0.472. The molecule has 0 bridgehead atoms. The van der Waals surface area contributed by atoms with Crippen LogP contribution in [0, 0.1) is 10.1 Å². The number of non-ortho nitro benzene ring substituents is 1. The van der Waals surface area contributed by atoms with E-state index in [0.717, 1.165) is 12.1 Å². The molecular formula is C11H11NO5. The number of nitro benzene ring substituents is 1. The summed E-state index contributed by atoms with van der Waals surface area (Å²) in [6.07, 6.45) is 1.44. The highest BCUT2D eigenvalue weighted by molar-refractivity contribution is 5.87.